The second-order valence-corrected chi connectivity index (χ2v) is 2.58. The monoisotopic (exact) mass is 136 g/mol. The maximum Gasteiger partial charge on any atom is 0.179 e. The highest BCUT2D eigenvalue weighted by molar-refractivity contribution is 7.99. The Kier molecular flexibility index (Phi) is 2.13. The first kappa shape index (κ1) is 6.35. The van der Waals surface area contributed by atoms with Crippen molar-refractivity contribution < 1.29 is 14.9 Å². The lowest BCUT2D eigenvalue weighted by atomic mass is 10.4. The molecule has 1 atom stereocenters. The van der Waals surface area contributed by atoms with Gasteiger partial charge in [-0.25, -0.2) is 0 Å². The largest absolute Gasteiger partial charge is 0.366 e. The van der Waals surface area contributed by atoms with Crippen LogP contribution in [0.4, 0.5) is 0 Å². The van der Waals surface area contributed by atoms with Gasteiger partial charge in [0, 0.05) is 5.75 Å². The molecule has 1 aliphatic rings. The average molecular weight is 136 g/mol. The lowest BCUT2D eigenvalue weighted by molar-refractivity contribution is -0.123. The van der Waals surface area contributed by atoms with Crippen molar-refractivity contribution in [3.63, 3.8) is 0 Å². The van der Waals surface area contributed by atoms with Gasteiger partial charge >= 0.3 is 0 Å². The molecule has 1 rings (SSSR count). The van der Waals surface area contributed by atoms with Gasteiger partial charge in [0.05, 0.1) is 5.94 Å². The van der Waals surface area contributed by atoms with Gasteiger partial charge in [0.15, 0.2) is 6.29 Å². The molecular weight excluding hydrogens is 128 g/mol. The third-order valence-corrected chi connectivity index (χ3v) is 1.85. The van der Waals surface area contributed by atoms with Crippen LogP contribution in [-0.4, -0.2) is 34.3 Å². The summed E-state index contributed by atoms with van der Waals surface area (Å²) in [7, 11) is 0. The van der Waals surface area contributed by atoms with Crippen LogP contribution in [-0.2, 0) is 4.74 Å². The van der Waals surface area contributed by atoms with Crippen molar-refractivity contribution in [2.75, 3.05) is 11.7 Å². The first-order chi connectivity index (χ1) is 3.80. The summed E-state index contributed by atoms with van der Waals surface area (Å²) in [6.45, 7) is 0. The Morgan fingerprint density at radius 1 is 1.62 bits per heavy atom. The van der Waals surface area contributed by atoms with E-state index in [9.17, 15) is 0 Å². The van der Waals surface area contributed by atoms with E-state index in [1.54, 1.807) is 11.8 Å². The van der Waals surface area contributed by atoms with Gasteiger partial charge in [-0.1, -0.05) is 0 Å². The zero-order valence-electron chi connectivity index (χ0n) is 4.28. The summed E-state index contributed by atoms with van der Waals surface area (Å²) >= 11 is 1.57. The zero-order valence-corrected chi connectivity index (χ0v) is 5.10. The maximum atomic E-state index is 8.47. The van der Waals surface area contributed by atoms with Crippen LogP contribution in [0.2, 0.25) is 0 Å². The molecule has 4 heteroatoms. The summed E-state index contributed by atoms with van der Waals surface area (Å²) < 4.78 is 4.88. The Morgan fingerprint density at radius 2 is 2.38 bits per heavy atom. The minimum atomic E-state index is -1.30. The topological polar surface area (TPSA) is 49.7 Å². The Morgan fingerprint density at radius 3 is 2.62 bits per heavy atom. The molecule has 0 aliphatic carbocycles. The first-order valence-electron chi connectivity index (χ1n) is 2.36. The molecule has 0 aromatic rings. The Bertz CT molecular complexity index is 69.7. The van der Waals surface area contributed by atoms with Crippen LogP contribution < -0.4 is 0 Å². The molecule has 1 heterocycles. The fraction of sp³-hybridized carbons (Fsp3) is 1.00. The number of aliphatic hydroxyl groups excluding tert-OH is 1. The highest BCUT2D eigenvalue weighted by Gasteiger charge is 2.21. The van der Waals surface area contributed by atoms with Gasteiger partial charge in [-0.15, -0.1) is 11.8 Å². The second-order valence-electron chi connectivity index (χ2n) is 1.61. The number of ether oxygens (including phenoxy) is 1. The normalized spacial score (nSPS) is 29.6. The van der Waals surface area contributed by atoms with E-state index in [0.717, 1.165) is 0 Å². The minimum Gasteiger partial charge on any atom is -0.366 e. The average Bonchev–Trinajstić information content (AvgIpc) is 2.12. The van der Waals surface area contributed by atoms with Crippen LogP contribution in [0.5, 0.6) is 0 Å². The summed E-state index contributed by atoms with van der Waals surface area (Å²) in [5, 5.41) is 16.9. The lowest BCUT2D eigenvalue weighted by Crippen LogP contribution is -2.26. The van der Waals surface area contributed by atoms with Crippen molar-refractivity contribution in [3.8, 4) is 0 Å². The molecule has 0 saturated carbocycles. The van der Waals surface area contributed by atoms with Gasteiger partial charge in [-0.3, -0.25) is 0 Å². The van der Waals surface area contributed by atoms with Crippen LogP contribution in [0, 0.1) is 0 Å². The van der Waals surface area contributed by atoms with E-state index in [-0.39, 0.29) is 6.10 Å². The molecular formula is C4H8O3S. The van der Waals surface area contributed by atoms with Crippen molar-refractivity contribution in [1.82, 2.24) is 0 Å². The van der Waals surface area contributed by atoms with Gasteiger partial charge in [-0.2, -0.15) is 0 Å². The van der Waals surface area contributed by atoms with E-state index in [1.165, 1.54) is 0 Å². The van der Waals surface area contributed by atoms with Crippen LogP contribution in [0.3, 0.4) is 0 Å². The van der Waals surface area contributed by atoms with Gasteiger partial charge < -0.3 is 14.9 Å². The molecule has 3 nitrogen and oxygen atoms in total. The smallest absolute Gasteiger partial charge is 0.179 e. The molecule has 0 amide bonds. The zero-order chi connectivity index (χ0) is 5.98. The predicted octanol–water partition coefficient (Wildman–Crippen LogP) is -0.613. The summed E-state index contributed by atoms with van der Waals surface area (Å²) in [5.74, 6) is 1.28. The lowest BCUT2D eigenvalue weighted by Gasteiger charge is -2.08. The molecule has 1 unspecified atom stereocenters. The van der Waals surface area contributed by atoms with E-state index >= 15 is 0 Å². The fourth-order valence-corrected chi connectivity index (χ4v) is 1.39. The quantitative estimate of drug-likeness (QED) is 0.472. The summed E-state index contributed by atoms with van der Waals surface area (Å²) in [4.78, 5) is 0. The maximum absolute atomic E-state index is 8.47. The second kappa shape index (κ2) is 2.68. The van der Waals surface area contributed by atoms with E-state index in [4.69, 9.17) is 14.9 Å². The summed E-state index contributed by atoms with van der Waals surface area (Å²) in [5.41, 5.74) is 0. The van der Waals surface area contributed by atoms with Crippen molar-refractivity contribution >= 4 is 11.8 Å². The molecule has 0 aromatic carbocycles. The van der Waals surface area contributed by atoms with E-state index in [1.807, 2.05) is 0 Å². The molecule has 2 N–H and O–H groups in total. The predicted molar refractivity (Wildman–Crippen MR) is 30.4 cm³/mol. The first-order valence-corrected chi connectivity index (χ1v) is 3.51. The molecule has 1 aliphatic heterocycles. The van der Waals surface area contributed by atoms with Crippen molar-refractivity contribution in [2.24, 2.45) is 0 Å². The van der Waals surface area contributed by atoms with Crippen LogP contribution in [0.25, 0.3) is 0 Å². The molecule has 0 spiro atoms. The number of rotatable bonds is 1. The third-order valence-electron chi connectivity index (χ3n) is 0.980. The number of thioether (sulfide) groups is 1. The molecule has 0 radical (unpaired) electrons. The summed E-state index contributed by atoms with van der Waals surface area (Å²) in [6.07, 6.45) is -1.66. The van der Waals surface area contributed by atoms with E-state index in [2.05, 4.69) is 0 Å². The van der Waals surface area contributed by atoms with Crippen molar-refractivity contribution in [3.05, 3.63) is 0 Å². The van der Waals surface area contributed by atoms with Crippen molar-refractivity contribution in [2.45, 2.75) is 12.4 Å². The van der Waals surface area contributed by atoms with Gasteiger partial charge in [-0.05, 0) is 0 Å². The summed E-state index contributed by atoms with van der Waals surface area (Å²) in [6, 6.07) is 0. The molecule has 1 fully saturated rings. The highest BCUT2D eigenvalue weighted by Crippen LogP contribution is 2.17. The molecule has 1 saturated heterocycles. The van der Waals surface area contributed by atoms with Crippen LogP contribution in [0.1, 0.15) is 0 Å². The highest BCUT2D eigenvalue weighted by atomic mass is 32.2. The number of hydrogen-bond acceptors (Lipinski definition) is 4. The SMILES string of the molecule is OC(O)C1CSCO1. The van der Waals surface area contributed by atoms with E-state index in [0.29, 0.717) is 11.7 Å². The number of aliphatic hydroxyl groups is 2. The Balaban J connectivity index is 2.24. The van der Waals surface area contributed by atoms with Crippen LogP contribution >= 0.6 is 11.8 Å². The molecule has 48 valence electrons. The van der Waals surface area contributed by atoms with Gasteiger partial charge in [0.25, 0.3) is 0 Å². The molecule has 8 heavy (non-hydrogen) atoms. The third kappa shape index (κ3) is 1.35. The standard InChI is InChI=1S/C4H8O3S/c5-4(6)3-1-8-2-7-3/h3-6H,1-2H2. The number of hydrogen-bond donors (Lipinski definition) is 2. The van der Waals surface area contributed by atoms with Crippen LogP contribution in [0.15, 0.2) is 0 Å². The van der Waals surface area contributed by atoms with Gasteiger partial charge in [0.1, 0.15) is 6.10 Å². The van der Waals surface area contributed by atoms with E-state index < -0.39 is 6.29 Å². The molecule has 0 bridgehead atoms. The molecule has 0 aromatic heterocycles. The minimum absolute atomic E-state index is 0.361. The Hall–Kier alpha value is 0.230. The Labute approximate surface area is 51.7 Å². The fourth-order valence-electron chi connectivity index (χ4n) is 0.520. The van der Waals surface area contributed by atoms with Crippen molar-refractivity contribution in [1.29, 1.82) is 0 Å². The van der Waals surface area contributed by atoms with Gasteiger partial charge in [0.2, 0.25) is 0 Å².